The smallest absolute Gasteiger partial charge is 0.274 e. The Bertz CT molecular complexity index is 1090. The Morgan fingerprint density at radius 3 is 2.58 bits per heavy atom. The van der Waals surface area contributed by atoms with Gasteiger partial charge in [-0.3, -0.25) is 19.3 Å². The van der Waals surface area contributed by atoms with Crippen LogP contribution in [0.2, 0.25) is 0 Å². The highest BCUT2D eigenvalue weighted by molar-refractivity contribution is 8.00. The summed E-state index contributed by atoms with van der Waals surface area (Å²) in [6.07, 6.45) is 0. The molecular weight excluding hydrogens is 415 g/mol. The maximum Gasteiger partial charge on any atom is 0.274 e. The maximum absolute atomic E-state index is 13.3. The quantitative estimate of drug-likeness (QED) is 0.566. The molecule has 1 fully saturated rings. The van der Waals surface area contributed by atoms with Gasteiger partial charge in [0.2, 0.25) is 5.91 Å². The largest absolute Gasteiger partial charge is 0.295 e. The van der Waals surface area contributed by atoms with Crippen molar-refractivity contribution in [2.45, 2.75) is 18.9 Å². The molecule has 31 heavy (non-hydrogen) atoms. The molecule has 0 bridgehead atoms. The van der Waals surface area contributed by atoms with Crippen LogP contribution in [0.3, 0.4) is 0 Å². The van der Waals surface area contributed by atoms with Crippen LogP contribution in [0, 0.1) is 12.7 Å². The van der Waals surface area contributed by atoms with Gasteiger partial charge < -0.3 is 0 Å². The highest BCUT2D eigenvalue weighted by Crippen LogP contribution is 2.42. The van der Waals surface area contributed by atoms with Crippen molar-refractivity contribution in [2.75, 3.05) is 10.7 Å². The summed E-state index contributed by atoms with van der Waals surface area (Å²) >= 11 is 1.50. The molecule has 7 heteroatoms. The Morgan fingerprint density at radius 1 is 1.13 bits per heavy atom. The van der Waals surface area contributed by atoms with E-state index < -0.39 is 0 Å². The zero-order chi connectivity index (χ0) is 21.8. The molecular formula is C24H21FN2O3S. The van der Waals surface area contributed by atoms with E-state index in [0.717, 1.165) is 22.4 Å². The molecule has 3 aromatic carbocycles. The van der Waals surface area contributed by atoms with Gasteiger partial charge in [-0.15, -0.1) is 11.8 Å². The lowest BCUT2D eigenvalue weighted by Crippen LogP contribution is -2.29. The number of benzene rings is 3. The van der Waals surface area contributed by atoms with Gasteiger partial charge in [0.15, 0.2) is 0 Å². The minimum Gasteiger partial charge on any atom is -0.295 e. The number of halogens is 1. The zero-order valence-corrected chi connectivity index (χ0v) is 17.7. The van der Waals surface area contributed by atoms with Crippen molar-refractivity contribution >= 4 is 29.3 Å². The van der Waals surface area contributed by atoms with E-state index in [4.69, 9.17) is 4.84 Å². The van der Waals surface area contributed by atoms with Crippen molar-refractivity contribution in [1.29, 1.82) is 0 Å². The fourth-order valence-corrected chi connectivity index (χ4v) is 4.61. The first-order valence-corrected chi connectivity index (χ1v) is 10.8. The van der Waals surface area contributed by atoms with Crippen LogP contribution in [0.1, 0.15) is 32.4 Å². The van der Waals surface area contributed by atoms with E-state index in [1.165, 1.54) is 23.9 Å². The highest BCUT2D eigenvalue weighted by Gasteiger charge is 2.34. The van der Waals surface area contributed by atoms with Crippen molar-refractivity contribution in [3.8, 4) is 0 Å². The fourth-order valence-electron chi connectivity index (χ4n) is 3.44. The first-order valence-electron chi connectivity index (χ1n) is 9.79. The number of hydrogen-bond donors (Lipinski definition) is 1. The van der Waals surface area contributed by atoms with E-state index in [-0.39, 0.29) is 29.6 Å². The topological polar surface area (TPSA) is 58.6 Å². The van der Waals surface area contributed by atoms with E-state index in [9.17, 15) is 14.0 Å². The van der Waals surface area contributed by atoms with Crippen LogP contribution in [-0.2, 0) is 16.2 Å². The number of carbonyl (C=O) groups excluding carboxylic acids is 2. The van der Waals surface area contributed by atoms with E-state index in [1.54, 1.807) is 35.2 Å². The average molecular weight is 437 g/mol. The highest BCUT2D eigenvalue weighted by atomic mass is 32.2. The molecule has 5 nitrogen and oxygen atoms in total. The van der Waals surface area contributed by atoms with Crippen LogP contribution in [0.25, 0.3) is 0 Å². The summed E-state index contributed by atoms with van der Waals surface area (Å²) < 4.78 is 13.3. The Hall–Kier alpha value is -3.16. The summed E-state index contributed by atoms with van der Waals surface area (Å²) in [5.74, 6) is -0.351. The van der Waals surface area contributed by atoms with Crippen molar-refractivity contribution in [2.24, 2.45) is 0 Å². The first-order chi connectivity index (χ1) is 15.0. The molecule has 0 aliphatic carbocycles. The summed E-state index contributed by atoms with van der Waals surface area (Å²) in [5.41, 5.74) is 6.21. The number of aryl methyl sites for hydroxylation is 1. The number of carbonyl (C=O) groups is 2. The van der Waals surface area contributed by atoms with Gasteiger partial charge in [-0.05, 0) is 53.9 Å². The van der Waals surface area contributed by atoms with Crippen LogP contribution < -0.4 is 10.4 Å². The number of anilines is 1. The summed E-state index contributed by atoms with van der Waals surface area (Å²) in [5, 5.41) is -0.235. The molecule has 1 N–H and O–H groups in total. The van der Waals surface area contributed by atoms with E-state index >= 15 is 0 Å². The van der Waals surface area contributed by atoms with Gasteiger partial charge in [-0.2, -0.15) is 0 Å². The summed E-state index contributed by atoms with van der Waals surface area (Å²) in [4.78, 5) is 32.1. The van der Waals surface area contributed by atoms with Gasteiger partial charge >= 0.3 is 0 Å². The third kappa shape index (κ3) is 4.78. The maximum atomic E-state index is 13.3. The third-order valence-corrected chi connectivity index (χ3v) is 6.20. The zero-order valence-electron chi connectivity index (χ0n) is 16.9. The van der Waals surface area contributed by atoms with Crippen molar-refractivity contribution in [1.82, 2.24) is 5.48 Å². The minimum absolute atomic E-state index is 0.0224. The normalized spacial score (nSPS) is 15.9. The second kappa shape index (κ2) is 9.32. The predicted molar refractivity (Wildman–Crippen MR) is 119 cm³/mol. The Kier molecular flexibility index (Phi) is 6.34. The number of hydrogen-bond acceptors (Lipinski definition) is 4. The van der Waals surface area contributed by atoms with Crippen LogP contribution in [0.4, 0.5) is 10.1 Å². The minimum atomic E-state index is -0.359. The number of amides is 2. The molecule has 4 rings (SSSR count). The van der Waals surface area contributed by atoms with Gasteiger partial charge in [0.05, 0.1) is 12.4 Å². The first kappa shape index (κ1) is 21.1. The van der Waals surface area contributed by atoms with Crippen molar-refractivity contribution < 1.29 is 18.8 Å². The van der Waals surface area contributed by atoms with Gasteiger partial charge in [0, 0.05) is 11.3 Å². The number of nitrogens with zero attached hydrogens (tertiary/aromatic N) is 1. The molecule has 158 valence electrons. The monoisotopic (exact) mass is 436 g/mol. The predicted octanol–water partition coefficient (Wildman–Crippen LogP) is 4.77. The molecule has 0 aromatic heterocycles. The number of hydroxylamine groups is 1. The third-order valence-electron chi connectivity index (χ3n) is 4.99. The molecule has 0 radical (unpaired) electrons. The lowest BCUT2D eigenvalue weighted by molar-refractivity contribution is -0.115. The van der Waals surface area contributed by atoms with Crippen LogP contribution in [0.15, 0.2) is 72.8 Å². The summed E-state index contributed by atoms with van der Waals surface area (Å²) in [6, 6.07) is 20.9. The number of rotatable bonds is 6. The molecule has 1 unspecified atom stereocenters. The molecule has 1 atom stereocenters. The van der Waals surface area contributed by atoms with E-state index in [0.29, 0.717) is 11.3 Å². The Morgan fingerprint density at radius 2 is 1.87 bits per heavy atom. The van der Waals surface area contributed by atoms with Crippen LogP contribution >= 0.6 is 11.8 Å². The van der Waals surface area contributed by atoms with E-state index in [2.05, 4.69) is 5.48 Å². The molecule has 0 spiro atoms. The van der Waals surface area contributed by atoms with Crippen LogP contribution in [-0.4, -0.2) is 17.6 Å². The van der Waals surface area contributed by atoms with Gasteiger partial charge in [-0.25, -0.2) is 9.87 Å². The molecule has 1 saturated heterocycles. The van der Waals surface area contributed by atoms with Crippen molar-refractivity contribution in [3.05, 3.63) is 101 Å². The van der Waals surface area contributed by atoms with Crippen LogP contribution in [0.5, 0.6) is 0 Å². The molecule has 1 heterocycles. The molecule has 0 saturated carbocycles. The Labute approximate surface area is 184 Å². The summed E-state index contributed by atoms with van der Waals surface area (Å²) in [6.45, 7) is 2.12. The van der Waals surface area contributed by atoms with Crippen molar-refractivity contribution in [3.63, 3.8) is 0 Å². The summed E-state index contributed by atoms with van der Waals surface area (Å²) in [7, 11) is 0. The standard InChI is InChI=1S/C24H21FN2O3S/c1-16-13-19(23(29)26-30-14-17-5-3-2-4-6-17)9-12-21(16)27-22(28)15-31-24(27)18-7-10-20(25)11-8-18/h2-13,24H,14-15H2,1H3,(H,26,29). The van der Waals surface area contributed by atoms with Gasteiger partial charge in [0.25, 0.3) is 5.91 Å². The second-order valence-electron chi connectivity index (χ2n) is 7.19. The van der Waals surface area contributed by atoms with Gasteiger partial charge in [0.1, 0.15) is 11.2 Å². The average Bonchev–Trinajstić information content (AvgIpc) is 3.16. The van der Waals surface area contributed by atoms with E-state index in [1.807, 2.05) is 37.3 Å². The Balaban J connectivity index is 1.47. The van der Waals surface area contributed by atoms with Gasteiger partial charge in [-0.1, -0.05) is 42.5 Å². The molecule has 3 aromatic rings. The molecule has 1 aliphatic heterocycles. The second-order valence-corrected chi connectivity index (χ2v) is 8.25. The lowest BCUT2D eigenvalue weighted by atomic mass is 10.1. The SMILES string of the molecule is Cc1cc(C(=O)NOCc2ccccc2)ccc1N1C(=O)CSC1c1ccc(F)cc1. The lowest BCUT2D eigenvalue weighted by Gasteiger charge is -2.26. The number of thioether (sulfide) groups is 1. The molecule has 2 amide bonds. The fraction of sp³-hybridized carbons (Fsp3) is 0.167. The number of nitrogens with one attached hydrogen (secondary N) is 1. The molecule has 1 aliphatic rings.